The summed E-state index contributed by atoms with van der Waals surface area (Å²) in [4.78, 5) is 5.24. The third-order valence-corrected chi connectivity index (χ3v) is 12.7. The van der Waals surface area contributed by atoms with Crippen LogP contribution in [0, 0.1) is 0 Å². The molecule has 4 heteroatoms. The van der Waals surface area contributed by atoms with Gasteiger partial charge in [-0.05, 0) is 65.7 Å². The minimum absolute atomic E-state index is 0.950. The number of para-hydroxylation sites is 3. The van der Waals surface area contributed by atoms with E-state index in [0.717, 1.165) is 33.8 Å². The molecule has 0 aliphatic rings. The van der Waals surface area contributed by atoms with Gasteiger partial charge >= 0.3 is 0 Å². The van der Waals surface area contributed by atoms with Crippen LogP contribution in [0.2, 0.25) is 0 Å². The molecule has 3 nitrogen and oxygen atoms in total. The maximum Gasteiger partial charge on any atom is 0.0727 e. The second-order valence-electron chi connectivity index (χ2n) is 14.7. The first-order valence-corrected chi connectivity index (χ1v) is 20.2. The Labute approximate surface area is 333 Å². The summed E-state index contributed by atoms with van der Waals surface area (Å²) in [6, 6.07) is 72.1. The van der Waals surface area contributed by atoms with Gasteiger partial charge in [-0.3, -0.25) is 0 Å². The average Bonchev–Trinajstić information content (AvgIpc) is 3.95. The highest BCUT2D eigenvalue weighted by Crippen LogP contribution is 2.51. The van der Waals surface area contributed by atoms with Crippen molar-refractivity contribution in [2.45, 2.75) is 0 Å². The molecule has 0 unspecified atom stereocenters. The molecule has 12 rings (SSSR count). The van der Waals surface area contributed by atoms with Gasteiger partial charge in [0.05, 0.1) is 38.2 Å². The van der Waals surface area contributed by atoms with Crippen LogP contribution in [-0.2, 0) is 0 Å². The molecule has 0 aliphatic carbocycles. The molecule has 0 spiro atoms. The maximum absolute atomic E-state index is 5.24. The molecule has 0 radical (unpaired) electrons. The molecule has 0 bridgehead atoms. The van der Waals surface area contributed by atoms with E-state index in [9.17, 15) is 0 Å². The first-order valence-electron chi connectivity index (χ1n) is 19.4. The van der Waals surface area contributed by atoms with Gasteiger partial charge < -0.3 is 9.13 Å². The number of thiophene rings is 1. The molecule has 57 heavy (non-hydrogen) atoms. The van der Waals surface area contributed by atoms with E-state index in [4.69, 9.17) is 4.98 Å². The van der Waals surface area contributed by atoms with Crippen molar-refractivity contribution in [3.8, 4) is 45.0 Å². The van der Waals surface area contributed by atoms with E-state index in [1.807, 2.05) is 11.3 Å². The second kappa shape index (κ2) is 12.6. The van der Waals surface area contributed by atoms with Crippen molar-refractivity contribution in [2.24, 2.45) is 0 Å². The fraction of sp³-hybridized carbons (Fsp3) is 0. The van der Waals surface area contributed by atoms with Gasteiger partial charge in [-0.15, -0.1) is 11.3 Å². The standard InChI is InChI=1S/C53H33N3S/c1-4-16-34(17-5-1)37-32-43(35-18-6-2-7-19-35)54-44(33-37)36-28-30-39(31-29-36)56-46-26-14-11-23-41(46)49-48-40-22-10-13-25-45(40)55(38-20-8-3-9-21-38)51(48)50-42-24-12-15-27-47(42)57-53(50)52(49)56/h1-33H. The average molecular weight is 744 g/mol. The van der Waals surface area contributed by atoms with E-state index in [0.29, 0.717) is 0 Å². The molecule has 4 aromatic heterocycles. The Morgan fingerprint density at radius 2 is 0.825 bits per heavy atom. The number of hydrogen-bond acceptors (Lipinski definition) is 2. The third-order valence-electron chi connectivity index (χ3n) is 11.5. The summed E-state index contributed by atoms with van der Waals surface area (Å²) in [5, 5.41) is 7.68. The van der Waals surface area contributed by atoms with Crippen LogP contribution < -0.4 is 0 Å². The van der Waals surface area contributed by atoms with Gasteiger partial charge in [0.2, 0.25) is 0 Å². The highest BCUT2D eigenvalue weighted by molar-refractivity contribution is 7.27. The van der Waals surface area contributed by atoms with E-state index in [1.54, 1.807) is 0 Å². The minimum atomic E-state index is 0.950. The topological polar surface area (TPSA) is 22.8 Å². The molecule has 0 saturated heterocycles. The fourth-order valence-electron chi connectivity index (χ4n) is 9.01. The second-order valence-corrected chi connectivity index (χ2v) is 15.7. The Morgan fingerprint density at radius 3 is 1.47 bits per heavy atom. The zero-order chi connectivity index (χ0) is 37.5. The first kappa shape index (κ1) is 32.0. The molecule has 0 fully saturated rings. The lowest BCUT2D eigenvalue weighted by Gasteiger charge is -2.13. The highest BCUT2D eigenvalue weighted by Gasteiger charge is 2.26. The van der Waals surface area contributed by atoms with Crippen molar-refractivity contribution in [1.29, 1.82) is 0 Å². The molecule has 8 aromatic carbocycles. The van der Waals surface area contributed by atoms with Gasteiger partial charge in [-0.1, -0.05) is 146 Å². The van der Waals surface area contributed by atoms with Crippen LogP contribution in [0.5, 0.6) is 0 Å². The van der Waals surface area contributed by atoms with Gasteiger partial charge in [-0.25, -0.2) is 4.98 Å². The summed E-state index contributed by atoms with van der Waals surface area (Å²) in [7, 11) is 0. The van der Waals surface area contributed by atoms with Crippen molar-refractivity contribution in [1.82, 2.24) is 14.1 Å². The molecule has 0 N–H and O–H groups in total. The van der Waals surface area contributed by atoms with Gasteiger partial charge in [0.15, 0.2) is 0 Å². The Morgan fingerprint density at radius 1 is 0.351 bits per heavy atom. The van der Waals surface area contributed by atoms with E-state index < -0.39 is 0 Å². The zero-order valence-electron chi connectivity index (χ0n) is 30.8. The van der Waals surface area contributed by atoms with Gasteiger partial charge in [0.25, 0.3) is 0 Å². The molecular weight excluding hydrogens is 711 g/mol. The SMILES string of the molecule is c1ccc(-c2cc(-c3ccccc3)nc(-c3ccc(-n4c5ccccc5c5c6c7ccccc7n(-c7ccccc7)c6c6c7ccccc7sc6c54)cc3)c2)cc1. The van der Waals surface area contributed by atoms with Gasteiger partial charge in [0, 0.05) is 59.5 Å². The Bertz CT molecular complexity index is 3430. The summed E-state index contributed by atoms with van der Waals surface area (Å²) < 4.78 is 7.58. The van der Waals surface area contributed by atoms with E-state index in [2.05, 4.69) is 209 Å². The Kier molecular flexibility index (Phi) is 7.10. The smallest absolute Gasteiger partial charge is 0.0727 e. The molecule has 12 aromatic rings. The predicted octanol–water partition coefficient (Wildman–Crippen LogP) is 14.6. The number of aromatic nitrogens is 3. The van der Waals surface area contributed by atoms with Crippen LogP contribution in [0.15, 0.2) is 200 Å². The summed E-state index contributed by atoms with van der Waals surface area (Å²) >= 11 is 1.90. The Balaban J connectivity index is 1.15. The van der Waals surface area contributed by atoms with Gasteiger partial charge in [0.1, 0.15) is 0 Å². The fourth-order valence-corrected chi connectivity index (χ4v) is 10.3. The zero-order valence-corrected chi connectivity index (χ0v) is 31.6. The molecule has 4 heterocycles. The van der Waals surface area contributed by atoms with E-state index in [1.165, 1.54) is 75.0 Å². The van der Waals surface area contributed by atoms with Crippen LogP contribution in [0.25, 0.3) is 109 Å². The summed E-state index contributed by atoms with van der Waals surface area (Å²) in [5.74, 6) is 0. The number of hydrogen-bond donors (Lipinski definition) is 0. The van der Waals surface area contributed by atoms with Crippen molar-refractivity contribution in [3.63, 3.8) is 0 Å². The minimum Gasteiger partial charge on any atom is -0.309 e. The molecular formula is C53H33N3S. The molecule has 0 amide bonds. The van der Waals surface area contributed by atoms with E-state index in [-0.39, 0.29) is 0 Å². The number of benzene rings is 8. The maximum atomic E-state index is 5.24. The highest BCUT2D eigenvalue weighted by atomic mass is 32.1. The normalized spacial score (nSPS) is 11.9. The van der Waals surface area contributed by atoms with Crippen molar-refractivity contribution < 1.29 is 0 Å². The number of rotatable bonds is 5. The molecule has 0 aliphatic heterocycles. The lowest BCUT2D eigenvalue weighted by atomic mass is 10.00. The lowest BCUT2D eigenvalue weighted by Crippen LogP contribution is -1.96. The summed E-state index contributed by atoms with van der Waals surface area (Å²) in [6.45, 7) is 0. The van der Waals surface area contributed by atoms with Crippen LogP contribution in [0.3, 0.4) is 0 Å². The van der Waals surface area contributed by atoms with E-state index >= 15 is 0 Å². The van der Waals surface area contributed by atoms with Crippen LogP contribution in [0.1, 0.15) is 0 Å². The molecule has 266 valence electrons. The van der Waals surface area contributed by atoms with Crippen LogP contribution in [0.4, 0.5) is 0 Å². The first-order chi connectivity index (χ1) is 28.3. The predicted molar refractivity (Wildman–Crippen MR) is 242 cm³/mol. The lowest BCUT2D eigenvalue weighted by molar-refractivity contribution is 1.18. The van der Waals surface area contributed by atoms with Gasteiger partial charge in [-0.2, -0.15) is 0 Å². The number of pyridine rings is 1. The monoisotopic (exact) mass is 743 g/mol. The Hall–Kier alpha value is -7.27. The third kappa shape index (κ3) is 4.88. The number of fused-ring (bicyclic) bond motifs is 12. The molecule has 0 saturated carbocycles. The largest absolute Gasteiger partial charge is 0.309 e. The van der Waals surface area contributed by atoms with Crippen LogP contribution >= 0.6 is 11.3 Å². The summed E-state index contributed by atoms with van der Waals surface area (Å²) in [6.07, 6.45) is 0. The molecule has 0 atom stereocenters. The summed E-state index contributed by atoms with van der Waals surface area (Å²) in [5.41, 5.74) is 13.6. The number of nitrogens with zero attached hydrogens (tertiary/aromatic N) is 3. The van der Waals surface area contributed by atoms with Crippen molar-refractivity contribution in [2.75, 3.05) is 0 Å². The van der Waals surface area contributed by atoms with Crippen molar-refractivity contribution in [3.05, 3.63) is 200 Å². The van der Waals surface area contributed by atoms with Crippen molar-refractivity contribution >= 4 is 75.1 Å². The quantitative estimate of drug-likeness (QED) is 0.172. The van der Waals surface area contributed by atoms with Crippen LogP contribution in [-0.4, -0.2) is 14.1 Å².